The van der Waals surface area contributed by atoms with Crippen molar-refractivity contribution < 1.29 is 9.90 Å². The minimum absolute atomic E-state index is 0.120. The van der Waals surface area contributed by atoms with Gasteiger partial charge in [0.2, 0.25) is 5.91 Å². The molecule has 0 saturated carbocycles. The maximum atomic E-state index is 11.9. The lowest BCUT2D eigenvalue weighted by Gasteiger charge is -2.35. The molecule has 0 radical (unpaired) electrons. The average Bonchev–Trinajstić information content (AvgIpc) is 2.30. The van der Waals surface area contributed by atoms with E-state index in [9.17, 15) is 4.79 Å². The van der Waals surface area contributed by atoms with Crippen LogP contribution in [0.15, 0.2) is 0 Å². The van der Waals surface area contributed by atoms with Gasteiger partial charge >= 0.3 is 0 Å². The van der Waals surface area contributed by atoms with Crippen molar-refractivity contribution in [3.63, 3.8) is 0 Å². The van der Waals surface area contributed by atoms with E-state index in [2.05, 4.69) is 31.0 Å². The zero-order valence-corrected chi connectivity index (χ0v) is 12.7. The van der Waals surface area contributed by atoms with E-state index >= 15 is 0 Å². The highest BCUT2D eigenvalue weighted by molar-refractivity contribution is 5.78. The molecule has 1 rings (SSSR count). The van der Waals surface area contributed by atoms with E-state index in [-0.39, 0.29) is 17.9 Å². The molecular weight excluding hydrogens is 240 g/mol. The molecule has 0 spiro atoms. The van der Waals surface area contributed by atoms with E-state index in [1.54, 1.807) is 0 Å². The standard InChI is InChI=1S/C15H30N2O2/c1-15(2,3)8-9-16-14(19)12-17-10-5-4-6-13(17)7-11-18/h13,18H,4-12H2,1-3H3,(H,16,19). The van der Waals surface area contributed by atoms with Crippen molar-refractivity contribution in [2.75, 3.05) is 26.2 Å². The molecule has 1 fully saturated rings. The fraction of sp³-hybridized carbons (Fsp3) is 0.933. The largest absolute Gasteiger partial charge is 0.396 e. The van der Waals surface area contributed by atoms with Gasteiger partial charge in [0.15, 0.2) is 0 Å². The Balaban J connectivity index is 2.29. The van der Waals surface area contributed by atoms with Gasteiger partial charge in [0.1, 0.15) is 0 Å². The van der Waals surface area contributed by atoms with Crippen LogP contribution in [0.25, 0.3) is 0 Å². The van der Waals surface area contributed by atoms with Gasteiger partial charge in [-0.2, -0.15) is 0 Å². The van der Waals surface area contributed by atoms with Crippen LogP contribution in [0.3, 0.4) is 0 Å². The molecule has 4 nitrogen and oxygen atoms in total. The van der Waals surface area contributed by atoms with Gasteiger partial charge in [-0.1, -0.05) is 27.2 Å². The first-order valence-corrected chi connectivity index (χ1v) is 7.54. The maximum absolute atomic E-state index is 11.9. The molecular formula is C15H30N2O2. The third-order valence-corrected chi connectivity index (χ3v) is 3.76. The van der Waals surface area contributed by atoms with Crippen LogP contribution in [0, 0.1) is 5.41 Å². The highest BCUT2D eigenvalue weighted by Gasteiger charge is 2.23. The van der Waals surface area contributed by atoms with Crippen LogP contribution >= 0.6 is 0 Å². The van der Waals surface area contributed by atoms with E-state index < -0.39 is 0 Å². The highest BCUT2D eigenvalue weighted by Crippen LogP contribution is 2.19. The summed E-state index contributed by atoms with van der Waals surface area (Å²) in [6.07, 6.45) is 5.27. The minimum atomic E-state index is 0.120. The zero-order valence-electron chi connectivity index (χ0n) is 12.7. The Bertz CT molecular complexity index is 272. The number of hydrogen-bond acceptors (Lipinski definition) is 3. The predicted molar refractivity (Wildman–Crippen MR) is 78.0 cm³/mol. The number of aliphatic hydroxyl groups is 1. The Hall–Kier alpha value is -0.610. The number of likely N-dealkylation sites (tertiary alicyclic amines) is 1. The number of nitrogens with zero attached hydrogens (tertiary/aromatic N) is 1. The van der Waals surface area contributed by atoms with Gasteiger partial charge in [-0.3, -0.25) is 9.69 Å². The van der Waals surface area contributed by atoms with E-state index in [0.29, 0.717) is 12.6 Å². The van der Waals surface area contributed by atoms with Gasteiger partial charge < -0.3 is 10.4 Å². The number of nitrogens with one attached hydrogen (secondary N) is 1. The van der Waals surface area contributed by atoms with Gasteiger partial charge in [0.05, 0.1) is 6.54 Å². The smallest absolute Gasteiger partial charge is 0.234 e. The monoisotopic (exact) mass is 270 g/mol. The molecule has 1 unspecified atom stereocenters. The summed E-state index contributed by atoms with van der Waals surface area (Å²) in [6.45, 7) is 8.98. The Morgan fingerprint density at radius 2 is 2.11 bits per heavy atom. The number of aliphatic hydroxyl groups excluding tert-OH is 1. The van der Waals surface area contributed by atoms with Gasteiger partial charge in [-0.15, -0.1) is 0 Å². The molecule has 0 bridgehead atoms. The second-order valence-corrected chi connectivity index (χ2v) is 6.79. The van der Waals surface area contributed by atoms with Crippen LogP contribution in [0.2, 0.25) is 0 Å². The molecule has 1 aliphatic heterocycles. The third-order valence-electron chi connectivity index (χ3n) is 3.76. The predicted octanol–water partition coefficient (Wildman–Crippen LogP) is 1.78. The van der Waals surface area contributed by atoms with Crippen molar-refractivity contribution in [3.8, 4) is 0 Å². The summed E-state index contributed by atoms with van der Waals surface area (Å²) in [6, 6.07) is 0.382. The zero-order chi connectivity index (χ0) is 14.3. The summed E-state index contributed by atoms with van der Waals surface area (Å²) in [5.41, 5.74) is 0.262. The molecule has 0 aromatic rings. The number of amides is 1. The van der Waals surface area contributed by atoms with Crippen LogP contribution in [0.4, 0.5) is 0 Å². The van der Waals surface area contributed by atoms with Crippen LogP contribution in [0.5, 0.6) is 0 Å². The molecule has 112 valence electrons. The molecule has 4 heteroatoms. The first-order chi connectivity index (χ1) is 8.92. The lowest BCUT2D eigenvalue weighted by molar-refractivity contribution is -0.123. The SMILES string of the molecule is CC(C)(C)CCNC(=O)CN1CCCCC1CCO. The van der Waals surface area contributed by atoms with Crippen LogP contribution < -0.4 is 5.32 Å². The fourth-order valence-electron chi connectivity index (χ4n) is 2.56. The van der Waals surface area contributed by atoms with E-state index in [0.717, 1.165) is 38.8 Å². The van der Waals surface area contributed by atoms with Gasteiger partial charge in [0, 0.05) is 19.2 Å². The normalized spacial score (nSPS) is 21.4. The second kappa shape index (κ2) is 7.85. The van der Waals surface area contributed by atoms with Crippen LogP contribution in [-0.2, 0) is 4.79 Å². The lowest BCUT2D eigenvalue weighted by atomic mass is 9.92. The lowest BCUT2D eigenvalue weighted by Crippen LogP contribution is -2.46. The molecule has 1 heterocycles. The Kier molecular flexibility index (Phi) is 6.80. The fourth-order valence-corrected chi connectivity index (χ4v) is 2.56. The Morgan fingerprint density at radius 3 is 2.74 bits per heavy atom. The van der Waals surface area contributed by atoms with Gasteiger partial charge in [0.25, 0.3) is 0 Å². The molecule has 19 heavy (non-hydrogen) atoms. The molecule has 0 aromatic heterocycles. The molecule has 2 N–H and O–H groups in total. The van der Waals surface area contributed by atoms with E-state index in [1.165, 1.54) is 6.42 Å². The van der Waals surface area contributed by atoms with Crippen molar-refractivity contribution in [1.29, 1.82) is 0 Å². The minimum Gasteiger partial charge on any atom is -0.396 e. The molecule has 0 aromatic carbocycles. The molecule has 1 atom stereocenters. The first-order valence-electron chi connectivity index (χ1n) is 7.54. The summed E-state index contributed by atoms with van der Waals surface area (Å²) < 4.78 is 0. The van der Waals surface area contributed by atoms with E-state index in [1.807, 2.05) is 0 Å². The van der Waals surface area contributed by atoms with Gasteiger partial charge in [-0.25, -0.2) is 0 Å². The molecule has 1 aliphatic rings. The summed E-state index contributed by atoms with van der Waals surface area (Å²) in [7, 11) is 0. The molecule has 1 amide bonds. The quantitative estimate of drug-likeness (QED) is 0.773. The summed E-state index contributed by atoms with van der Waals surface area (Å²) in [5.74, 6) is 0.120. The Morgan fingerprint density at radius 1 is 1.37 bits per heavy atom. The number of carbonyl (C=O) groups excluding carboxylic acids is 1. The van der Waals surface area contributed by atoms with Crippen molar-refractivity contribution in [2.45, 2.75) is 58.9 Å². The van der Waals surface area contributed by atoms with Crippen LogP contribution in [0.1, 0.15) is 52.9 Å². The van der Waals surface area contributed by atoms with E-state index in [4.69, 9.17) is 5.11 Å². The number of rotatable bonds is 6. The second-order valence-electron chi connectivity index (χ2n) is 6.79. The first kappa shape index (κ1) is 16.4. The van der Waals surface area contributed by atoms with Crippen molar-refractivity contribution in [2.24, 2.45) is 5.41 Å². The summed E-state index contributed by atoms with van der Waals surface area (Å²) in [5, 5.41) is 12.1. The number of hydrogen-bond donors (Lipinski definition) is 2. The molecule has 1 saturated heterocycles. The highest BCUT2D eigenvalue weighted by atomic mass is 16.3. The van der Waals surface area contributed by atoms with Gasteiger partial charge in [-0.05, 0) is 37.6 Å². The van der Waals surface area contributed by atoms with Crippen molar-refractivity contribution in [1.82, 2.24) is 10.2 Å². The van der Waals surface area contributed by atoms with Crippen molar-refractivity contribution in [3.05, 3.63) is 0 Å². The van der Waals surface area contributed by atoms with Crippen molar-refractivity contribution >= 4 is 5.91 Å². The summed E-state index contributed by atoms with van der Waals surface area (Å²) >= 11 is 0. The number of piperidine rings is 1. The average molecular weight is 270 g/mol. The molecule has 0 aliphatic carbocycles. The topological polar surface area (TPSA) is 52.6 Å². The number of carbonyl (C=O) groups is 1. The maximum Gasteiger partial charge on any atom is 0.234 e. The third kappa shape index (κ3) is 6.92. The van der Waals surface area contributed by atoms with Crippen LogP contribution in [-0.4, -0.2) is 48.2 Å². The Labute approximate surface area is 117 Å². The summed E-state index contributed by atoms with van der Waals surface area (Å²) in [4.78, 5) is 14.2.